The van der Waals surface area contributed by atoms with Crippen molar-refractivity contribution in [2.75, 3.05) is 44.2 Å². The number of ether oxygens (including phenoxy) is 1. The van der Waals surface area contributed by atoms with E-state index < -0.39 is 5.54 Å². The Bertz CT molecular complexity index is 627. The number of amides is 1. The monoisotopic (exact) mass is 389 g/mol. The van der Waals surface area contributed by atoms with Crippen LogP contribution in [-0.4, -0.2) is 61.6 Å². The zero-order valence-electron chi connectivity index (χ0n) is 17.7. The van der Waals surface area contributed by atoms with Crippen molar-refractivity contribution in [3.63, 3.8) is 0 Å². The summed E-state index contributed by atoms with van der Waals surface area (Å²) in [5.74, 6) is -0.141. The van der Waals surface area contributed by atoms with Crippen molar-refractivity contribution >= 4 is 17.6 Å². The number of carbonyl (C=O) groups excluding carboxylic acids is 2. The molecule has 0 aromatic heterocycles. The number of rotatable bonds is 9. The molecule has 1 aliphatic rings. The number of carbonyl (C=O) groups is 2. The van der Waals surface area contributed by atoms with Gasteiger partial charge in [0, 0.05) is 50.4 Å². The fraction of sp³-hybridized carbons (Fsp3) is 0.636. The summed E-state index contributed by atoms with van der Waals surface area (Å²) in [7, 11) is 0. The summed E-state index contributed by atoms with van der Waals surface area (Å²) in [5.41, 5.74) is 0.668. The number of para-hydroxylation sites is 1. The van der Waals surface area contributed by atoms with Gasteiger partial charge in [-0.3, -0.25) is 14.5 Å². The minimum atomic E-state index is -0.588. The van der Waals surface area contributed by atoms with Crippen LogP contribution in [0.5, 0.6) is 0 Å². The Morgan fingerprint density at radius 2 is 1.79 bits per heavy atom. The summed E-state index contributed by atoms with van der Waals surface area (Å²) in [4.78, 5) is 29.2. The average molecular weight is 390 g/mol. The van der Waals surface area contributed by atoms with Crippen LogP contribution in [0.15, 0.2) is 30.3 Å². The van der Waals surface area contributed by atoms with E-state index >= 15 is 0 Å². The first-order valence-electron chi connectivity index (χ1n) is 10.3. The lowest BCUT2D eigenvalue weighted by Gasteiger charge is -2.37. The molecule has 2 rings (SSSR count). The van der Waals surface area contributed by atoms with Gasteiger partial charge in [-0.05, 0) is 31.9 Å². The van der Waals surface area contributed by atoms with Crippen molar-refractivity contribution in [1.82, 2.24) is 10.2 Å². The summed E-state index contributed by atoms with van der Waals surface area (Å²) >= 11 is 0. The molecule has 1 aliphatic heterocycles. The van der Waals surface area contributed by atoms with Gasteiger partial charge in [0.2, 0.25) is 5.91 Å². The zero-order valence-corrected chi connectivity index (χ0v) is 17.7. The molecule has 1 aromatic carbocycles. The summed E-state index contributed by atoms with van der Waals surface area (Å²) in [5, 5.41) is 3.08. The Morgan fingerprint density at radius 1 is 1.14 bits per heavy atom. The number of piperazine rings is 1. The number of hydrogen-bond donors (Lipinski definition) is 1. The van der Waals surface area contributed by atoms with Crippen molar-refractivity contribution in [2.45, 2.75) is 46.1 Å². The van der Waals surface area contributed by atoms with Crippen LogP contribution in [0, 0.1) is 5.92 Å². The molecule has 6 heteroatoms. The number of hydrogen-bond acceptors (Lipinski definition) is 5. The fourth-order valence-electron chi connectivity index (χ4n) is 3.41. The van der Waals surface area contributed by atoms with Gasteiger partial charge in [-0.1, -0.05) is 32.0 Å². The smallest absolute Gasteiger partial charge is 0.308 e. The Morgan fingerprint density at radius 3 is 2.36 bits per heavy atom. The van der Waals surface area contributed by atoms with Gasteiger partial charge in [0.25, 0.3) is 0 Å². The van der Waals surface area contributed by atoms with E-state index in [1.165, 1.54) is 5.69 Å². The van der Waals surface area contributed by atoms with Crippen LogP contribution in [-0.2, 0) is 14.3 Å². The predicted molar refractivity (Wildman–Crippen MR) is 112 cm³/mol. The van der Waals surface area contributed by atoms with E-state index in [1.807, 2.05) is 26.8 Å². The van der Waals surface area contributed by atoms with E-state index in [-0.39, 0.29) is 24.2 Å². The van der Waals surface area contributed by atoms with Crippen LogP contribution >= 0.6 is 0 Å². The second kappa shape index (κ2) is 10.5. The van der Waals surface area contributed by atoms with E-state index in [1.54, 1.807) is 6.92 Å². The molecule has 1 N–H and O–H groups in total. The van der Waals surface area contributed by atoms with Crippen LogP contribution in [0.4, 0.5) is 5.69 Å². The number of anilines is 1. The molecule has 0 radical (unpaired) electrons. The second-order valence-electron chi connectivity index (χ2n) is 8.02. The van der Waals surface area contributed by atoms with Crippen molar-refractivity contribution in [1.29, 1.82) is 0 Å². The Hall–Kier alpha value is -2.08. The Kier molecular flexibility index (Phi) is 8.30. The standard InChI is InChI=1S/C22H35N3O3/c1-5-28-21(27)17-22(4,18(2)3)23-20(26)11-12-24-13-15-25(16-14-24)19-9-7-6-8-10-19/h6-10,18H,5,11-17H2,1-4H3,(H,23,26)/t22-/m1/s1. The largest absolute Gasteiger partial charge is 0.466 e. The summed E-state index contributed by atoms with van der Waals surface area (Å²) in [6.45, 7) is 12.7. The third-order valence-corrected chi connectivity index (χ3v) is 5.66. The van der Waals surface area contributed by atoms with Crippen LogP contribution in [0.1, 0.15) is 40.5 Å². The van der Waals surface area contributed by atoms with Crippen molar-refractivity contribution in [2.24, 2.45) is 5.92 Å². The first-order valence-corrected chi connectivity index (χ1v) is 10.3. The molecule has 1 atom stereocenters. The topological polar surface area (TPSA) is 61.9 Å². The molecule has 0 bridgehead atoms. The minimum Gasteiger partial charge on any atom is -0.466 e. The third kappa shape index (κ3) is 6.51. The predicted octanol–water partition coefficient (Wildman–Crippen LogP) is 2.68. The maximum absolute atomic E-state index is 12.5. The Balaban J connectivity index is 1.77. The van der Waals surface area contributed by atoms with Gasteiger partial charge in [0.1, 0.15) is 0 Å². The number of esters is 1. The third-order valence-electron chi connectivity index (χ3n) is 5.66. The summed E-state index contributed by atoms with van der Waals surface area (Å²) in [6, 6.07) is 10.4. The molecule has 1 fully saturated rings. The molecule has 28 heavy (non-hydrogen) atoms. The maximum atomic E-state index is 12.5. The van der Waals surface area contributed by atoms with E-state index in [2.05, 4.69) is 39.4 Å². The van der Waals surface area contributed by atoms with Crippen LogP contribution in [0.2, 0.25) is 0 Å². The molecule has 156 valence electrons. The van der Waals surface area contributed by atoms with Crippen LogP contribution < -0.4 is 10.2 Å². The number of benzene rings is 1. The van der Waals surface area contributed by atoms with Gasteiger partial charge < -0.3 is 15.0 Å². The molecule has 1 heterocycles. The first kappa shape index (κ1) is 22.2. The van der Waals surface area contributed by atoms with E-state index in [0.717, 1.165) is 32.7 Å². The molecular formula is C22H35N3O3. The molecule has 6 nitrogen and oxygen atoms in total. The zero-order chi connectivity index (χ0) is 20.6. The molecule has 1 saturated heterocycles. The minimum absolute atomic E-state index is 0.00834. The van der Waals surface area contributed by atoms with Crippen LogP contribution in [0.25, 0.3) is 0 Å². The van der Waals surface area contributed by atoms with Crippen molar-refractivity contribution in [3.05, 3.63) is 30.3 Å². The van der Waals surface area contributed by atoms with Gasteiger partial charge >= 0.3 is 5.97 Å². The van der Waals surface area contributed by atoms with Gasteiger partial charge in [0.15, 0.2) is 0 Å². The lowest BCUT2D eigenvalue weighted by molar-refractivity contribution is -0.145. The summed E-state index contributed by atoms with van der Waals surface area (Å²) in [6.07, 6.45) is 0.635. The first-order chi connectivity index (χ1) is 13.3. The lowest BCUT2D eigenvalue weighted by Crippen LogP contribution is -2.52. The lowest BCUT2D eigenvalue weighted by atomic mass is 9.85. The second-order valence-corrected chi connectivity index (χ2v) is 8.02. The van der Waals surface area contributed by atoms with Gasteiger partial charge in [-0.25, -0.2) is 0 Å². The van der Waals surface area contributed by atoms with Gasteiger partial charge in [-0.2, -0.15) is 0 Å². The highest BCUT2D eigenvalue weighted by molar-refractivity contribution is 5.78. The fourth-order valence-corrected chi connectivity index (χ4v) is 3.41. The highest BCUT2D eigenvalue weighted by Crippen LogP contribution is 2.22. The average Bonchev–Trinajstić information content (AvgIpc) is 2.67. The number of nitrogens with zero attached hydrogens (tertiary/aromatic N) is 2. The number of nitrogens with one attached hydrogen (secondary N) is 1. The molecule has 1 amide bonds. The van der Waals surface area contributed by atoms with E-state index in [4.69, 9.17) is 4.74 Å². The molecule has 0 aliphatic carbocycles. The summed E-state index contributed by atoms with van der Waals surface area (Å²) < 4.78 is 5.07. The molecule has 0 saturated carbocycles. The molecular weight excluding hydrogens is 354 g/mol. The molecule has 0 unspecified atom stereocenters. The van der Waals surface area contributed by atoms with E-state index in [9.17, 15) is 9.59 Å². The van der Waals surface area contributed by atoms with Gasteiger partial charge in [0.05, 0.1) is 13.0 Å². The van der Waals surface area contributed by atoms with Crippen molar-refractivity contribution < 1.29 is 14.3 Å². The molecule has 1 aromatic rings. The van der Waals surface area contributed by atoms with Gasteiger partial charge in [-0.15, -0.1) is 0 Å². The highest BCUT2D eigenvalue weighted by Gasteiger charge is 2.33. The van der Waals surface area contributed by atoms with E-state index in [0.29, 0.717) is 13.0 Å². The molecule has 0 spiro atoms. The maximum Gasteiger partial charge on any atom is 0.308 e. The Labute approximate surface area is 169 Å². The van der Waals surface area contributed by atoms with Crippen molar-refractivity contribution in [3.8, 4) is 0 Å². The highest BCUT2D eigenvalue weighted by atomic mass is 16.5. The SMILES string of the molecule is CCOC(=O)C[C@@](C)(NC(=O)CCN1CCN(c2ccccc2)CC1)C(C)C. The quantitative estimate of drug-likeness (QED) is 0.658. The normalized spacial score (nSPS) is 17.2. The van der Waals surface area contributed by atoms with Crippen LogP contribution in [0.3, 0.4) is 0 Å².